The van der Waals surface area contributed by atoms with E-state index in [2.05, 4.69) is 51.3 Å². The number of amides is 1. The van der Waals surface area contributed by atoms with Crippen LogP contribution >= 0.6 is 11.3 Å². The molecule has 3 N–H and O–H groups in total. The Morgan fingerprint density at radius 2 is 1.94 bits per heavy atom. The maximum absolute atomic E-state index is 11.4. The number of hydrogen-bond donors (Lipinski definition) is 2. The van der Waals surface area contributed by atoms with E-state index in [4.69, 9.17) is 10.5 Å². The van der Waals surface area contributed by atoms with E-state index in [1.165, 1.54) is 17.7 Å². The fourth-order valence-corrected chi connectivity index (χ4v) is 4.74. The zero-order valence-corrected chi connectivity index (χ0v) is 18.5. The van der Waals surface area contributed by atoms with Crippen molar-refractivity contribution in [3.8, 4) is 11.3 Å². The number of carbonyl (C=O) groups is 1. The Kier molecular flexibility index (Phi) is 5.24. The average molecular weight is 450 g/mol. The molecule has 10 heteroatoms. The highest BCUT2D eigenvalue weighted by atomic mass is 32.1. The highest BCUT2D eigenvalue weighted by molar-refractivity contribution is 7.12. The van der Waals surface area contributed by atoms with Crippen molar-refractivity contribution in [2.75, 3.05) is 23.3 Å². The van der Waals surface area contributed by atoms with Crippen LogP contribution < -0.4 is 16.0 Å². The maximum Gasteiger partial charge on any atom is 0.258 e. The Morgan fingerprint density at radius 3 is 2.62 bits per heavy atom. The predicted octanol–water partition coefficient (Wildman–Crippen LogP) is 3.31. The summed E-state index contributed by atoms with van der Waals surface area (Å²) < 4.78 is 7.53. The van der Waals surface area contributed by atoms with E-state index in [0.717, 1.165) is 35.7 Å². The van der Waals surface area contributed by atoms with Crippen LogP contribution in [0.5, 0.6) is 0 Å². The van der Waals surface area contributed by atoms with E-state index < -0.39 is 5.91 Å². The SMILES string of the molecule is CC1CN(c2ccc(Nc3ncc(-c4csc(C(N)=O)c4)n4ncnc34)cc2)C[C@@H](C)O1. The molecule has 1 unspecified atom stereocenters. The Labute approximate surface area is 188 Å². The number of primary amides is 1. The topological polar surface area (TPSA) is 111 Å². The summed E-state index contributed by atoms with van der Waals surface area (Å²) in [6.07, 6.45) is 3.61. The number of carbonyl (C=O) groups excluding carboxylic acids is 1. The number of aromatic nitrogens is 4. The minimum atomic E-state index is -0.452. The van der Waals surface area contributed by atoms with Crippen LogP contribution in [0.2, 0.25) is 0 Å². The van der Waals surface area contributed by atoms with E-state index in [-0.39, 0.29) is 12.2 Å². The lowest BCUT2D eigenvalue weighted by atomic mass is 10.2. The van der Waals surface area contributed by atoms with Crippen LogP contribution in [-0.4, -0.2) is 50.8 Å². The number of nitrogens with zero attached hydrogens (tertiary/aromatic N) is 5. The fourth-order valence-electron chi connectivity index (χ4n) is 3.98. The normalized spacial score (nSPS) is 18.8. The van der Waals surface area contributed by atoms with Gasteiger partial charge in [-0.15, -0.1) is 11.3 Å². The van der Waals surface area contributed by atoms with E-state index in [1.54, 1.807) is 16.8 Å². The van der Waals surface area contributed by atoms with Gasteiger partial charge in [0.1, 0.15) is 6.33 Å². The first-order valence-electron chi connectivity index (χ1n) is 10.3. The largest absolute Gasteiger partial charge is 0.372 e. The van der Waals surface area contributed by atoms with Crippen LogP contribution in [0.15, 0.2) is 48.2 Å². The van der Waals surface area contributed by atoms with Gasteiger partial charge in [0.15, 0.2) is 11.5 Å². The van der Waals surface area contributed by atoms with Crippen LogP contribution in [0, 0.1) is 0 Å². The van der Waals surface area contributed by atoms with Crippen molar-refractivity contribution in [3.05, 3.63) is 53.1 Å². The van der Waals surface area contributed by atoms with Crippen molar-refractivity contribution in [2.24, 2.45) is 5.73 Å². The molecule has 0 radical (unpaired) electrons. The summed E-state index contributed by atoms with van der Waals surface area (Å²) in [5.41, 5.74) is 9.59. The minimum Gasteiger partial charge on any atom is -0.372 e. The Morgan fingerprint density at radius 1 is 1.19 bits per heavy atom. The standard InChI is InChI=1S/C22H23N7O2S/c1-13-9-28(10-14(2)31-13)17-5-3-16(4-6-17)27-21-22-25-12-26-29(22)18(8-24-21)15-7-19(20(23)30)32-11-15/h3-8,11-14H,9-10H2,1-2H3,(H2,23,30)(H,24,27)/t13-,14?/m1/s1. The monoisotopic (exact) mass is 449 g/mol. The van der Waals surface area contributed by atoms with Crippen molar-refractivity contribution in [1.29, 1.82) is 0 Å². The van der Waals surface area contributed by atoms with Crippen molar-refractivity contribution in [3.63, 3.8) is 0 Å². The fraction of sp³-hybridized carbons (Fsp3) is 0.273. The lowest BCUT2D eigenvalue weighted by Crippen LogP contribution is -2.45. The maximum atomic E-state index is 11.4. The Hall–Kier alpha value is -3.50. The quantitative estimate of drug-likeness (QED) is 0.481. The molecule has 1 fully saturated rings. The minimum absolute atomic E-state index is 0.211. The number of ether oxygens (including phenoxy) is 1. The third-order valence-electron chi connectivity index (χ3n) is 5.36. The smallest absolute Gasteiger partial charge is 0.258 e. The molecule has 1 aromatic carbocycles. The molecule has 0 spiro atoms. The molecule has 0 bridgehead atoms. The lowest BCUT2D eigenvalue weighted by Gasteiger charge is -2.36. The molecule has 1 saturated heterocycles. The second-order valence-corrected chi connectivity index (χ2v) is 8.80. The summed E-state index contributed by atoms with van der Waals surface area (Å²) >= 11 is 1.29. The van der Waals surface area contributed by atoms with Gasteiger partial charge in [0.2, 0.25) is 0 Å². The summed E-state index contributed by atoms with van der Waals surface area (Å²) in [5.74, 6) is 0.143. The molecule has 0 saturated carbocycles. The zero-order chi connectivity index (χ0) is 22.2. The highest BCUT2D eigenvalue weighted by Gasteiger charge is 2.22. The second-order valence-electron chi connectivity index (χ2n) is 7.89. The molecule has 1 amide bonds. The van der Waals surface area contributed by atoms with Gasteiger partial charge in [0.25, 0.3) is 5.91 Å². The van der Waals surface area contributed by atoms with Crippen LogP contribution in [-0.2, 0) is 4.74 Å². The number of hydrogen-bond acceptors (Lipinski definition) is 8. The van der Waals surface area contributed by atoms with Crippen molar-refractivity contribution < 1.29 is 9.53 Å². The summed E-state index contributed by atoms with van der Waals surface area (Å²) in [6.45, 7) is 5.95. The molecule has 4 heterocycles. The molecule has 5 rings (SSSR count). The first-order chi connectivity index (χ1) is 15.5. The molecule has 4 aromatic rings. The van der Waals surface area contributed by atoms with Gasteiger partial charge in [-0.2, -0.15) is 5.10 Å². The van der Waals surface area contributed by atoms with Crippen LogP contribution in [0.4, 0.5) is 17.2 Å². The number of morpholine rings is 1. The van der Waals surface area contributed by atoms with Crippen LogP contribution in [0.1, 0.15) is 23.5 Å². The van der Waals surface area contributed by atoms with Crippen molar-refractivity contribution in [1.82, 2.24) is 19.6 Å². The summed E-state index contributed by atoms with van der Waals surface area (Å²) in [5, 5.41) is 9.53. The van der Waals surface area contributed by atoms with Crippen LogP contribution in [0.25, 0.3) is 16.9 Å². The third kappa shape index (κ3) is 3.90. The number of anilines is 3. The van der Waals surface area contributed by atoms with Crippen molar-refractivity contribution >= 4 is 40.1 Å². The third-order valence-corrected chi connectivity index (χ3v) is 6.30. The van der Waals surface area contributed by atoms with Gasteiger partial charge in [0, 0.05) is 35.4 Å². The predicted molar refractivity (Wildman–Crippen MR) is 125 cm³/mol. The number of thiophene rings is 1. The molecular weight excluding hydrogens is 426 g/mol. The molecular formula is C22H23N7O2S. The van der Waals surface area contributed by atoms with Gasteiger partial charge in [-0.1, -0.05) is 0 Å². The molecule has 32 heavy (non-hydrogen) atoms. The zero-order valence-electron chi connectivity index (χ0n) is 17.7. The van der Waals surface area contributed by atoms with E-state index in [0.29, 0.717) is 16.3 Å². The first-order valence-corrected chi connectivity index (χ1v) is 11.2. The van der Waals surface area contributed by atoms with Gasteiger partial charge in [-0.25, -0.2) is 14.5 Å². The number of rotatable bonds is 5. The second kappa shape index (κ2) is 8.21. The number of nitrogens with one attached hydrogen (secondary N) is 1. The number of nitrogens with two attached hydrogens (primary N) is 1. The van der Waals surface area contributed by atoms with Gasteiger partial charge < -0.3 is 20.7 Å². The lowest BCUT2D eigenvalue weighted by molar-refractivity contribution is -0.00521. The highest BCUT2D eigenvalue weighted by Crippen LogP contribution is 2.29. The van der Waals surface area contributed by atoms with Gasteiger partial charge in [0.05, 0.1) is 29.0 Å². The van der Waals surface area contributed by atoms with E-state index in [1.807, 2.05) is 17.5 Å². The summed E-state index contributed by atoms with van der Waals surface area (Å²) in [4.78, 5) is 23.2. The van der Waals surface area contributed by atoms with E-state index >= 15 is 0 Å². The van der Waals surface area contributed by atoms with Gasteiger partial charge >= 0.3 is 0 Å². The summed E-state index contributed by atoms with van der Waals surface area (Å²) in [7, 11) is 0. The Balaban J connectivity index is 1.39. The average Bonchev–Trinajstić information content (AvgIpc) is 3.44. The molecule has 9 nitrogen and oxygen atoms in total. The molecule has 2 atom stereocenters. The van der Waals surface area contributed by atoms with Crippen molar-refractivity contribution in [2.45, 2.75) is 26.1 Å². The Bertz CT molecular complexity index is 1260. The molecule has 3 aromatic heterocycles. The molecule has 1 aliphatic heterocycles. The molecule has 164 valence electrons. The first kappa shape index (κ1) is 20.4. The van der Waals surface area contributed by atoms with E-state index in [9.17, 15) is 4.79 Å². The van der Waals surface area contributed by atoms with Gasteiger partial charge in [-0.05, 0) is 44.2 Å². The number of benzene rings is 1. The number of fused-ring (bicyclic) bond motifs is 1. The van der Waals surface area contributed by atoms with Gasteiger partial charge in [-0.3, -0.25) is 4.79 Å². The van der Waals surface area contributed by atoms with Crippen LogP contribution in [0.3, 0.4) is 0 Å². The molecule has 1 aliphatic rings. The molecule has 0 aliphatic carbocycles. The summed E-state index contributed by atoms with van der Waals surface area (Å²) in [6, 6.07) is 9.99.